The first-order chi connectivity index (χ1) is 10.3. The Hall–Kier alpha value is -1.36. The molecule has 0 aromatic heterocycles. The number of likely N-dealkylation sites (N-methyl/N-ethyl adjacent to an activating group) is 1. The van der Waals surface area contributed by atoms with Crippen LogP contribution in [0.2, 0.25) is 0 Å². The molecule has 0 aliphatic carbocycles. The fourth-order valence-electron chi connectivity index (χ4n) is 1.30. The van der Waals surface area contributed by atoms with E-state index in [1.54, 1.807) is 27.0 Å². The number of carbonyl (C=O) groups is 2. The van der Waals surface area contributed by atoms with Gasteiger partial charge in [0.1, 0.15) is 0 Å². The topological polar surface area (TPSA) is 72.6 Å². The Bertz CT molecular complexity index is 393. The van der Waals surface area contributed by atoms with Crippen LogP contribution in [0, 0.1) is 11.3 Å². The van der Waals surface area contributed by atoms with E-state index in [4.69, 9.17) is 10.5 Å². The number of hydrogen-bond donors (Lipinski definition) is 1. The Kier molecular flexibility index (Phi) is 11.7. The van der Waals surface area contributed by atoms with Gasteiger partial charge in [-0.05, 0) is 25.2 Å². The van der Waals surface area contributed by atoms with Gasteiger partial charge in [0.15, 0.2) is 0 Å². The summed E-state index contributed by atoms with van der Waals surface area (Å²) in [6, 6.07) is -0.561. The zero-order chi connectivity index (χ0) is 18.8. The Morgan fingerprint density at radius 2 is 1.65 bits per heavy atom. The van der Waals surface area contributed by atoms with Gasteiger partial charge in [0.05, 0.1) is 12.6 Å². The number of amides is 1. The molecule has 0 saturated heterocycles. The van der Waals surface area contributed by atoms with Crippen LogP contribution in [0.15, 0.2) is 11.6 Å². The van der Waals surface area contributed by atoms with Crippen molar-refractivity contribution < 1.29 is 14.3 Å². The van der Waals surface area contributed by atoms with Crippen LogP contribution in [-0.2, 0) is 14.3 Å². The van der Waals surface area contributed by atoms with Crippen LogP contribution < -0.4 is 5.73 Å². The normalized spacial score (nSPS) is 13.1. The fourth-order valence-corrected chi connectivity index (χ4v) is 1.30. The SMILES string of the molecule is CC(C)C.CCOC(=O)/C(C)=C/CN(C)C(=O)C(N)C(C)(C)C. The standard InChI is InChI=1S/C14H26N2O3.C4H10/c1-7-19-13(18)10(2)8-9-16(6)12(17)11(15)14(3,4)5;1-4(2)3/h8,11H,7,9,15H2,1-6H3;4H,1-3H3/b10-8+;. The maximum absolute atomic E-state index is 12.1. The lowest BCUT2D eigenvalue weighted by atomic mass is 9.86. The minimum Gasteiger partial charge on any atom is -0.463 e. The van der Waals surface area contributed by atoms with Crippen LogP contribution in [-0.4, -0.2) is 43.0 Å². The van der Waals surface area contributed by atoms with E-state index >= 15 is 0 Å². The molecule has 2 N–H and O–H groups in total. The summed E-state index contributed by atoms with van der Waals surface area (Å²) in [6.07, 6.45) is 1.67. The van der Waals surface area contributed by atoms with E-state index in [-0.39, 0.29) is 17.3 Å². The number of esters is 1. The molecule has 1 atom stereocenters. The van der Waals surface area contributed by atoms with E-state index < -0.39 is 6.04 Å². The molecular formula is C18H36N2O3. The summed E-state index contributed by atoms with van der Waals surface area (Å²) in [7, 11) is 1.67. The van der Waals surface area contributed by atoms with Crippen LogP contribution in [0.25, 0.3) is 0 Å². The average Bonchev–Trinajstić information content (AvgIpc) is 2.41. The largest absolute Gasteiger partial charge is 0.463 e. The van der Waals surface area contributed by atoms with Crippen molar-refractivity contribution in [2.75, 3.05) is 20.2 Å². The molecule has 0 fully saturated rings. The second-order valence-corrected chi connectivity index (χ2v) is 7.40. The Morgan fingerprint density at radius 1 is 1.22 bits per heavy atom. The van der Waals surface area contributed by atoms with Crippen LogP contribution in [0.4, 0.5) is 0 Å². The lowest BCUT2D eigenvalue weighted by Gasteiger charge is -2.29. The van der Waals surface area contributed by atoms with Gasteiger partial charge in [0, 0.05) is 19.2 Å². The third-order valence-corrected chi connectivity index (χ3v) is 2.84. The molecule has 0 bridgehead atoms. The molecule has 23 heavy (non-hydrogen) atoms. The van der Waals surface area contributed by atoms with E-state index in [1.165, 1.54) is 4.90 Å². The molecule has 0 rings (SSSR count). The zero-order valence-corrected chi connectivity index (χ0v) is 16.4. The van der Waals surface area contributed by atoms with Gasteiger partial charge in [-0.2, -0.15) is 0 Å². The summed E-state index contributed by atoms with van der Waals surface area (Å²) < 4.78 is 4.86. The number of nitrogens with two attached hydrogens (primary N) is 1. The third kappa shape index (κ3) is 11.8. The number of rotatable bonds is 5. The summed E-state index contributed by atoms with van der Waals surface area (Å²) in [5, 5.41) is 0. The van der Waals surface area contributed by atoms with Gasteiger partial charge >= 0.3 is 5.97 Å². The first-order valence-electron chi connectivity index (χ1n) is 8.18. The van der Waals surface area contributed by atoms with E-state index in [9.17, 15) is 9.59 Å². The fraction of sp³-hybridized carbons (Fsp3) is 0.778. The van der Waals surface area contributed by atoms with Crippen molar-refractivity contribution in [2.24, 2.45) is 17.1 Å². The van der Waals surface area contributed by atoms with Crippen LogP contribution in [0.5, 0.6) is 0 Å². The van der Waals surface area contributed by atoms with Crippen LogP contribution in [0.1, 0.15) is 55.4 Å². The van der Waals surface area contributed by atoms with Crippen LogP contribution in [0.3, 0.4) is 0 Å². The highest BCUT2D eigenvalue weighted by atomic mass is 16.5. The molecule has 0 spiro atoms. The predicted octanol–water partition coefficient (Wildman–Crippen LogP) is 2.99. The highest BCUT2D eigenvalue weighted by Crippen LogP contribution is 2.18. The number of nitrogens with zero attached hydrogens (tertiary/aromatic N) is 1. The number of ether oxygens (including phenoxy) is 1. The molecular weight excluding hydrogens is 292 g/mol. The molecule has 1 amide bonds. The number of carbonyl (C=O) groups excluding carboxylic acids is 2. The lowest BCUT2D eigenvalue weighted by Crippen LogP contribution is -2.49. The molecule has 0 aromatic carbocycles. The van der Waals surface area contributed by atoms with Gasteiger partial charge in [-0.25, -0.2) is 4.79 Å². The van der Waals surface area contributed by atoms with Gasteiger partial charge in [-0.1, -0.05) is 47.6 Å². The van der Waals surface area contributed by atoms with Gasteiger partial charge < -0.3 is 15.4 Å². The Balaban J connectivity index is 0. The summed E-state index contributed by atoms with van der Waals surface area (Å²) in [5.74, 6) is 0.337. The first kappa shape index (κ1) is 23.9. The highest BCUT2D eigenvalue weighted by molar-refractivity contribution is 5.88. The first-order valence-corrected chi connectivity index (χ1v) is 8.18. The molecule has 0 aliphatic rings. The van der Waals surface area contributed by atoms with Crippen LogP contribution >= 0.6 is 0 Å². The summed E-state index contributed by atoms with van der Waals surface area (Å²) >= 11 is 0. The minimum absolute atomic E-state index is 0.139. The van der Waals surface area contributed by atoms with Gasteiger partial charge in [0.2, 0.25) is 5.91 Å². The maximum Gasteiger partial charge on any atom is 0.333 e. The van der Waals surface area contributed by atoms with Crippen molar-refractivity contribution in [2.45, 2.75) is 61.4 Å². The van der Waals surface area contributed by atoms with Crippen molar-refractivity contribution in [3.8, 4) is 0 Å². The molecule has 0 heterocycles. The summed E-state index contributed by atoms with van der Waals surface area (Å²) in [4.78, 5) is 25.0. The van der Waals surface area contributed by atoms with Crippen molar-refractivity contribution in [3.05, 3.63) is 11.6 Å². The van der Waals surface area contributed by atoms with Gasteiger partial charge in [-0.15, -0.1) is 0 Å². The predicted molar refractivity (Wildman–Crippen MR) is 96.0 cm³/mol. The highest BCUT2D eigenvalue weighted by Gasteiger charge is 2.29. The summed E-state index contributed by atoms with van der Waals surface area (Å²) in [5.41, 5.74) is 6.11. The van der Waals surface area contributed by atoms with E-state index in [1.807, 2.05) is 20.8 Å². The molecule has 0 radical (unpaired) electrons. The van der Waals surface area contributed by atoms with E-state index in [2.05, 4.69) is 20.8 Å². The molecule has 136 valence electrons. The van der Waals surface area contributed by atoms with Crippen molar-refractivity contribution in [3.63, 3.8) is 0 Å². The Morgan fingerprint density at radius 3 is 2.00 bits per heavy atom. The maximum atomic E-state index is 12.1. The molecule has 1 unspecified atom stereocenters. The molecule has 0 saturated carbocycles. The average molecular weight is 328 g/mol. The molecule has 0 aliphatic heterocycles. The molecule has 5 nitrogen and oxygen atoms in total. The quantitative estimate of drug-likeness (QED) is 0.622. The second kappa shape index (κ2) is 11.2. The third-order valence-electron chi connectivity index (χ3n) is 2.84. The van der Waals surface area contributed by atoms with Crippen molar-refractivity contribution >= 4 is 11.9 Å². The van der Waals surface area contributed by atoms with Crippen molar-refractivity contribution in [1.82, 2.24) is 4.90 Å². The number of hydrogen-bond acceptors (Lipinski definition) is 4. The second-order valence-electron chi connectivity index (χ2n) is 7.40. The zero-order valence-electron chi connectivity index (χ0n) is 16.4. The monoisotopic (exact) mass is 328 g/mol. The van der Waals surface area contributed by atoms with E-state index in [0.29, 0.717) is 18.7 Å². The Labute approximate surface area is 142 Å². The van der Waals surface area contributed by atoms with E-state index in [0.717, 1.165) is 5.92 Å². The van der Waals surface area contributed by atoms with Gasteiger partial charge in [-0.3, -0.25) is 4.79 Å². The molecule has 5 heteroatoms. The van der Waals surface area contributed by atoms with Gasteiger partial charge in [0.25, 0.3) is 0 Å². The lowest BCUT2D eigenvalue weighted by molar-refractivity contribution is -0.138. The minimum atomic E-state index is -0.561. The smallest absolute Gasteiger partial charge is 0.333 e. The van der Waals surface area contributed by atoms with Crippen molar-refractivity contribution in [1.29, 1.82) is 0 Å². The summed E-state index contributed by atoms with van der Waals surface area (Å²) in [6.45, 7) is 16.4. The molecule has 0 aromatic rings.